The molecule has 1 aliphatic rings. The maximum absolute atomic E-state index is 12.2. The summed E-state index contributed by atoms with van der Waals surface area (Å²) in [5.74, 6) is -0.948. The monoisotopic (exact) mass is 351 g/mol. The fourth-order valence-electron chi connectivity index (χ4n) is 2.02. The topological polar surface area (TPSA) is 93.1 Å². The Morgan fingerprint density at radius 2 is 2.00 bits per heavy atom. The fourth-order valence-corrected chi connectivity index (χ4v) is 2.88. The van der Waals surface area contributed by atoms with E-state index in [1.165, 1.54) is 4.90 Å². The normalized spacial score (nSPS) is 16.0. The molecule has 1 aromatic carbocycles. The predicted octanol–water partition coefficient (Wildman–Crippen LogP) is 2.22. The summed E-state index contributed by atoms with van der Waals surface area (Å²) in [6, 6.07) is 6.60. The summed E-state index contributed by atoms with van der Waals surface area (Å²) in [4.78, 5) is 36.1. The molecule has 1 saturated heterocycles. The largest absolute Gasteiger partial charge is 0.482 e. The van der Waals surface area contributed by atoms with Crippen LogP contribution in [0.15, 0.2) is 29.2 Å². The van der Waals surface area contributed by atoms with E-state index in [1.54, 1.807) is 37.5 Å². The van der Waals surface area contributed by atoms with Crippen molar-refractivity contribution in [2.45, 2.75) is 6.42 Å². The SMILES string of the molecule is COCCCN1C(=O)S/C(=C/c2ccc(OCC(=O)O)cc2)C1=O. The lowest BCUT2D eigenvalue weighted by Gasteiger charge is -2.11. The molecule has 128 valence electrons. The average molecular weight is 351 g/mol. The Balaban J connectivity index is 2.01. The number of benzene rings is 1. The Morgan fingerprint density at radius 3 is 2.62 bits per heavy atom. The van der Waals surface area contributed by atoms with Crippen molar-refractivity contribution in [2.75, 3.05) is 26.9 Å². The minimum atomic E-state index is -1.05. The number of thioether (sulfide) groups is 1. The van der Waals surface area contributed by atoms with Crippen molar-refractivity contribution in [2.24, 2.45) is 0 Å². The summed E-state index contributed by atoms with van der Waals surface area (Å²) in [6.07, 6.45) is 2.22. The summed E-state index contributed by atoms with van der Waals surface area (Å²) in [5.41, 5.74) is 0.722. The van der Waals surface area contributed by atoms with E-state index in [-0.39, 0.29) is 11.1 Å². The van der Waals surface area contributed by atoms with E-state index in [4.69, 9.17) is 14.6 Å². The number of methoxy groups -OCH3 is 1. The fraction of sp³-hybridized carbons (Fsp3) is 0.312. The number of aliphatic carboxylic acids is 1. The average Bonchev–Trinajstić information content (AvgIpc) is 2.81. The van der Waals surface area contributed by atoms with E-state index in [0.29, 0.717) is 30.2 Å². The van der Waals surface area contributed by atoms with Crippen molar-refractivity contribution in [3.05, 3.63) is 34.7 Å². The number of nitrogens with zero attached hydrogens (tertiary/aromatic N) is 1. The summed E-state index contributed by atoms with van der Waals surface area (Å²) in [7, 11) is 1.57. The van der Waals surface area contributed by atoms with Crippen molar-refractivity contribution < 1.29 is 29.0 Å². The third-order valence-corrected chi connectivity index (χ3v) is 4.05. The minimum Gasteiger partial charge on any atom is -0.482 e. The first kappa shape index (κ1) is 18.0. The molecule has 24 heavy (non-hydrogen) atoms. The number of carboxylic acid groups (broad SMARTS) is 1. The Bertz CT molecular complexity index is 655. The molecule has 1 fully saturated rings. The summed E-state index contributed by atoms with van der Waals surface area (Å²) >= 11 is 0.902. The molecule has 7 nitrogen and oxygen atoms in total. The van der Waals surface area contributed by atoms with Gasteiger partial charge in [-0.2, -0.15) is 0 Å². The summed E-state index contributed by atoms with van der Waals surface area (Å²) < 4.78 is 9.96. The third kappa shape index (κ3) is 4.84. The van der Waals surface area contributed by atoms with Crippen LogP contribution in [-0.2, 0) is 14.3 Å². The van der Waals surface area contributed by atoms with Crippen LogP contribution in [0.2, 0.25) is 0 Å². The van der Waals surface area contributed by atoms with Gasteiger partial charge in [0.2, 0.25) is 0 Å². The number of carbonyl (C=O) groups excluding carboxylic acids is 2. The highest BCUT2D eigenvalue weighted by Gasteiger charge is 2.34. The number of carboxylic acids is 1. The molecule has 0 bridgehead atoms. The van der Waals surface area contributed by atoms with Gasteiger partial charge in [0, 0.05) is 20.3 Å². The van der Waals surface area contributed by atoms with Crippen LogP contribution in [0.3, 0.4) is 0 Å². The number of rotatable bonds is 8. The van der Waals surface area contributed by atoms with E-state index in [2.05, 4.69) is 0 Å². The number of amides is 2. The van der Waals surface area contributed by atoms with Crippen LogP contribution < -0.4 is 4.74 Å². The van der Waals surface area contributed by atoms with E-state index in [0.717, 1.165) is 17.3 Å². The van der Waals surface area contributed by atoms with E-state index < -0.39 is 12.6 Å². The summed E-state index contributed by atoms with van der Waals surface area (Å²) in [5, 5.41) is 8.27. The van der Waals surface area contributed by atoms with Crippen molar-refractivity contribution in [1.29, 1.82) is 0 Å². The number of carbonyl (C=O) groups is 3. The second-order valence-corrected chi connectivity index (χ2v) is 5.92. The highest BCUT2D eigenvalue weighted by Crippen LogP contribution is 2.32. The molecule has 1 aliphatic heterocycles. The maximum atomic E-state index is 12.2. The lowest BCUT2D eigenvalue weighted by molar-refractivity contribution is -0.139. The quantitative estimate of drug-likeness (QED) is 0.567. The van der Waals surface area contributed by atoms with Crippen LogP contribution in [0.25, 0.3) is 6.08 Å². The van der Waals surface area contributed by atoms with Crippen LogP contribution in [-0.4, -0.2) is 54.0 Å². The molecule has 0 aromatic heterocycles. The van der Waals surface area contributed by atoms with Gasteiger partial charge >= 0.3 is 5.97 Å². The van der Waals surface area contributed by atoms with Crippen molar-refractivity contribution in [3.63, 3.8) is 0 Å². The van der Waals surface area contributed by atoms with Gasteiger partial charge in [0.15, 0.2) is 6.61 Å². The zero-order valence-electron chi connectivity index (χ0n) is 13.1. The van der Waals surface area contributed by atoms with Gasteiger partial charge in [0.05, 0.1) is 4.91 Å². The van der Waals surface area contributed by atoms with Gasteiger partial charge in [-0.3, -0.25) is 14.5 Å². The van der Waals surface area contributed by atoms with Crippen LogP contribution in [0, 0.1) is 0 Å². The Labute approximate surface area is 143 Å². The van der Waals surface area contributed by atoms with Gasteiger partial charge in [-0.15, -0.1) is 0 Å². The number of imide groups is 1. The van der Waals surface area contributed by atoms with Crippen molar-refractivity contribution >= 4 is 35.0 Å². The third-order valence-electron chi connectivity index (χ3n) is 3.14. The van der Waals surface area contributed by atoms with E-state index in [1.807, 2.05) is 0 Å². The number of ether oxygens (including phenoxy) is 2. The lowest BCUT2D eigenvalue weighted by atomic mass is 10.2. The lowest BCUT2D eigenvalue weighted by Crippen LogP contribution is -2.29. The molecular formula is C16H17NO6S. The predicted molar refractivity (Wildman–Crippen MR) is 88.7 cm³/mol. The van der Waals surface area contributed by atoms with Gasteiger partial charge in [0.1, 0.15) is 5.75 Å². The molecule has 0 atom stereocenters. The second kappa shape index (κ2) is 8.51. The van der Waals surface area contributed by atoms with Gasteiger partial charge in [-0.05, 0) is 42.0 Å². The Kier molecular flexibility index (Phi) is 6.39. The molecule has 0 saturated carbocycles. The molecular weight excluding hydrogens is 334 g/mol. The molecule has 0 unspecified atom stereocenters. The highest BCUT2D eigenvalue weighted by molar-refractivity contribution is 8.18. The Morgan fingerprint density at radius 1 is 1.29 bits per heavy atom. The molecule has 1 aromatic rings. The van der Waals surface area contributed by atoms with Gasteiger partial charge in [-0.1, -0.05) is 12.1 Å². The smallest absolute Gasteiger partial charge is 0.341 e. The first-order valence-corrected chi connectivity index (χ1v) is 8.02. The first-order chi connectivity index (χ1) is 11.5. The standard InChI is InChI=1S/C16H17NO6S/c1-22-8-2-7-17-15(20)13(24-16(17)21)9-11-3-5-12(6-4-11)23-10-14(18)19/h3-6,9H,2,7-8,10H2,1H3,(H,18,19)/b13-9+. The van der Waals surface area contributed by atoms with Crippen LogP contribution >= 0.6 is 11.8 Å². The zero-order chi connectivity index (χ0) is 17.5. The molecule has 2 amide bonds. The van der Waals surface area contributed by atoms with Gasteiger partial charge < -0.3 is 14.6 Å². The van der Waals surface area contributed by atoms with Crippen molar-refractivity contribution in [1.82, 2.24) is 4.90 Å². The van der Waals surface area contributed by atoms with Crippen molar-refractivity contribution in [3.8, 4) is 5.75 Å². The maximum Gasteiger partial charge on any atom is 0.341 e. The van der Waals surface area contributed by atoms with Gasteiger partial charge in [0.25, 0.3) is 11.1 Å². The van der Waals surface area contributed by atoms with Crippen LogP contribution in [0.1, 0.15) is 12.0 Å². The van der Waals surface area contributed by atoms with Gasteiger partial charge in [-0.25, -0.2) is 4.79 Å². The minimum absolute atomic E-state index is 0.288. The summed E-state index contributed by atoms with van der Waals surface area (Å²) in [6.45, 7) is 0.399. The Hall–Kier alpha value is -2.32. The highest BCUT2D eigenvalue weighted by atomic mass is 32.2. The molecule has 8 heteroatoms. The molecule has 1 heterocycles. The molecule has 0 radical (unpaired) electrons. The number of hydrogen-bond acceptors (Lipinski definition) is 6. The molecule has 1 N–H and O–H groups in total. The molecule has 0 aliphatic carbocycles. The van der Waals surface area contributed by atoms with Crippen LogP contribution in [0.4, 0.5) is 4.79 Å². The molecule has 0 spiro atoms. The zero-order valence-corrected chi connectivity index (χ0v) is 13.9. The first-order valence-electron chi connectivity index (χ1n) is 7.20. The second-order valence-electron chi connectivity index (χ2n) is 4.93. The van der Waals surface area contributed by atoms with E-state index in [9.17, 15) is 14.4 Å². The van der Waals surface area contributed by atoms with E-state index >= 15 is 0 Å². The number of hydrogen-bond donors (Lipinski definition) is 1. The van der Waals surface area contributed by atoms with Crippen LogP contribution in [0.5, 0.6) is 5.75 Å². The molecule has 2 rings (SSSR count).